The van der Waals surface area contributed by atoms with Gasteiger partial charge in [0.1, 0.15) is 5.82 Å². The average Bonchev–Trinajstić information content (AvgIpc) is 3.08. The van der Waals surface area contributed by atoms with Crippen LogP contribution in [0.4, 0.5) is 9.52 Å². The van der Waals surface area contributed by atoms with Crippen molar-refractivity contribution in [2.24, 2.45) is 5.92 Å². The summed E-state index contributed by atoms with van der Waals surface area (Å²) >= 11 is 1.47. The fourth-order valence-electron chi connectivity index (χ4n) is 1.74. The van der Waals surface area contributed by atoms with Crippen molar-refractivity contribution < 1.29 is 9.13 Å². The van der Waals surface area contributed by atoms with E-state index in [1.807, 2.05) is 0 Å². The van der Waals surface area contributed by atoms with Crippen LogP contribution in [0.5, 0.6) is 0 Å². The van der Waals surface area contributed by atoms with E-state index >= 15 is 0 Å². The molecule has 1 aromatic heterocycles. The molecule has 5 heteroatoms. The van der Waals surface area contributed by atoms with Gasteiger partial charge in [-0.3, -0.25) is 0 Å². The first-order valence-electron chi connectivity index (χ1n) is 6.19. The van der Waals surface area contributed by atoms with Crippen LogP contribution in [-0.4, -0.2) is 24.7 Å². The molecule has 1 heterocycles. The largest absolute Gasteiger partial charge is 0.379 e. The Morgan fingerprint density at radius 2 is 2.33 bits per heavy atom. The molecule has 0 spiro atoms. The number of thiazole rings is 1. The Morgan fingerprint density at radius 1 is 1.44 bits per heavy atom. The molecule has 1 aromatic carbocycles. The lowest BCUT2D eigenvalue weighted by molar-refractivity contribution is 0.134. The molecular weight excluding hydrogens is 251 g/mol. The minimum absolute atomic E-state index is 0.217. The van der Waals surface area contributed by atoms with Gasteiger partial charge in [0.25, 0.3) is 0 Å². The molecule has 0 bridgehead atoms. The number of anilines is 1. The minimum atomic E-state index is -0.217. The van der Waals surface area contributed by atoms with E-state index in [1.54, 1.807) is 6.07 Å². The molecule has 2 aromatic rings. The standard InChI is InChI=1S/C13H15FN2OS/c14-10-3-4-11-12(7-10)18-13(16-11)15-5-6-17-8-9-1-2-9/h3-4,7,9H,1-2,5-6,8H2,(H,15,16). The fourth-order valence-corrected chi connectivity index (χ4v) is 2.66. The number of hydrogen-bond acceptors (Lipinski definition) is 4. The van der Waals surface area contributed by atoms with Crippen molar-refractivity contribution in [3.8, 4) is 0 Å². The zero-order chi connectivity index (χ0) is 12.4. The highest BCUT2D eigenvalue weighted by Gasteiger charge is 2.20. The second-order valence-corrected chi connectivity index (χ2v) is 5.61. The van der Waals surface area contributed by atoms with Crippen molar-refractivity contribution in [1.29, 1.82) is 0 Å². The fraction of sp³-hybridized carbons (Fsp3) is 0.462. The Bertz CT molecular complexity index is 539. The summed E-state index contributed by atoms with van der Waals surface area (Å²) in [7, 11) is 0. The van der Waals surface area contributed by atoms with Crippen molar-refractivity contribution in [2.75, 3.05) is 25.1 Å². The predicted molar refractivity (Wildman–Crippen MR) is 71.6 cm³/mol. The molecule has 1 saturated carbocycles. The number of ether oxygens (including phenoxy) is 1. The zero-order valence-corrected chi connectivity index (χ0v) is 10.8. The SMILES string of the molecule is Fc1ccc2nc(NCCOCC3CC3)sc2c1. The molecule has 1 N–H and O–H groups in total. The molecule has 0 unspecified atom stereocenters. The van der Waals surface area contributed by atoms with Crippen LogP contribution in [0.1, 0.15) is 12.8 Å². The van der Waals surface area contributed by atoms with Gasteiger partial charge in [-0.25, -0.2) is 9.37 Å². The summed E-state index contributed by atoms with van der Waals surface area (Å²) in [6.45, 7) is 2.32. The first kappa shape index (κ1) is 11.9. The molecule has 3 rings (SSSR count). The molecule has 0 atom stereocenters. The molecule has 0 radical (unpaired) electrons. The smallest absolute Gasteiger partial charge is 0.183 e. The van der Waals surface area contributed by atoms with Gasteiger partial charge in [-0.15, -0.1) is 0 Å². The third-order valence-electron chi connectivity index (χ3n) is 2.92. The topological polar surface area (TPSA) is 34.2 Å². The van der Waals surface area contributed by atoms with Gasteiger partial charge in [-0.2, -0.15) is 0 Å². The number of nitrogens with zero attached hydrogens (tertiary/aromatic N) is 1. The van der Waals surface area contributed by atoms with Gasteiger partial charge in [0, 0.05) is 13.2 Å². The van der Waals surface area contributed by atoms with Gasteiger partial charge in [0.05, 0.1) is 16.8 Å². The van der Waals surface area contributed by atoms with E-state index in [2.05, 4.69) is 10.3 Å². The summed E-state index contributed by atoms with van der Waals surface area (Å²) in [5.41, 5.74) is 0.836. The van der Waals surface area contributed by atoms with Crippen molar-refractivity contribution in [2.45, 2.75) is 12.8 Å². The van der Waals surface area contributed by atoms with E-state index in [4.69, 9.17) is 4.74 Å². The third-order valence-corrected chi connectivity index (χ3v) is 3.90. The Labute approximate surface area is 109 Å². The number of nitrogens with one attached hydrogen (secondary N) is 1. The summed E-state index contributed by atoms with van der Waals surface area (Å²) < 4.78 is 19.4. The van der Waals surface area contributed by atoms with E-state index in [-0.39, 0.29) is 5.82 Å². The Balaban J connectivity index is 1.50. The van der Waals surface area contributed by atoms with E-state index in [0.29, 0.717) is 6.61 Å². The summed E-state index contributed by atoms with van der Waals surface area (Å²) in [4.78, 5) is 4.38. The van der Waals surface area contributed by atoms with Gasteiger partial charge in [-0.1, -0.05) is 11.3 Å². The molecule has 1 aliphatic rings. The summed E-state index contributed by atoms with van der Waals surface area (Å²) in [5, 5.41) is 4.03. The molecular formula is C13H15FN2OS. The number of aromatic nitrogens is 1. The molecule has 1 aliphatic carbocycles. The molecule has 0 saturated heterocycles. The van der Waals surface area contributed by atoms with E-state index in [9.17, 15) is 4.39 Å². The van der Waals surface area contributed by atoms with E-state index in [1.165, 1.54) is 36.3 Å². The van der Waals surface area contributed by atoms with Crippen LogP contribution < -0.4 is 5.32 Å². The third kappa shape index (κ3) is 2.97. The van der Waals surface area contributed by atoms with Crippen molar-refractivity contribution in [3.05, 3.63) is 24.0 Å². The van der Waals surface area contributed by atoms with Crippen LogP contribution >= 0.6 is 11.3 Å². The molecule has 3 nitrogen and oxygen atoms in total. The van der Waals surface area contributed by atoms with Gasteiger partial charge in [-0.05, 0) is 37.0 Å². The molecule has 96 valence electrons. The first-order valence-corrected chi connectivity index (χ1v) is 7.00. The maximum Gasteiger partial charge on any atom is 0.183 e. The lowest BCUT2D eigenvalue weighted by Crippen LogP contribution is -2.10. The second kappa shape index (κ2) is 5.20. The van der Waals surface area contributed by atoms with Gasteiger partial charge in [0.15, 0.2) is 5.13 Å². The highest BCUT2D eigenvalue weighted by atomic mass is 32.1. The molecule has 18 heavy (non-hydrogen) atoms. The van der Waals surface area contributed by atoms with Crippen LogP contribution in [0.2, 0.25) is 0 Å². The van der Waals surface area contributed by atoms with Crippen LogP contribution in [0.25, 0.3) is 10.2 Å². The summed E-state index contributed by atoms with van der Waals surface area (Å²) in [5.74, 6) is 0.584. The number of halogens is 1. The zero-order valence-electron chi connectivity index (χ0n) is 9.99. The number of rotatable bonds is 6. The normalized spacial score (nSPS) is 15.2. The van der Waals surface area contributed by atoms with Crippen LogP contribution in [0.3, 0.4) is 0 Å². The van der Waals surface area contributed by atoms with E-state index in [0.717, 1.165) is 34.4 Å². The number of benzene rings is 1. The average molecular weight is 266 g/mol. The minimum Gasteiger partial charge on any atom is -0.379 e. The molecule has 0 amide bonds. The lowest BCUT2D eigenvalue weighted by Gasteiger charge is -2.03. The monoisotopic (exact) mass is 266 g/mol. The van der Waals surface area contributed by atoms with Crippen LogP contribution in [-0.2, 0) is 4.74 Å². The van der Waals surface area contributed by atoms with Crippen molar-refractivity contribution >= 4 is 26.7 Å². The Kier molecular flexibility index (Phi) is 3.43. The van der Waals surface area contributed by atoms with Crippen molar-refractivity contribution in [1.82, 2.24) is 4.98 Å². The Hall–Kier alpha value is -1.20. The van der Waals surface area contributed by atoms with Gasteiger partial charge in [0.2, 0.25) is 0 Å². The second-order valence-electron chi connectivity index (χ2n) is 4.58. The maximum atomic E-state index is 13.0. The van der Waals surface area contributed by atoms with Crippen LogP contribution in [0, 0.1) is 11.7 Å². The number of fused-ring (bicyclic) bond motifs is 1. The lowest BCUT2D eigenvalue weighted by atomic mass is 10.3. The van der Waals surface area contributed by atoms with Gasteiger partial charge >= 0.3 is 0 Å². The van der Waals surface area contributed by atoms with Crippen molar-refractivity contribution in [3.63, 3.8) is 0 Å². The first-order chi connectivity index (χ1) is 8.81. The van der Waals surface area contributed by atoms with E-state index < -0.39 is 0 Å². The highest BCUT2D eigenvalue weighted by Crippen LogP contribution is 2.29. The molecule has 0 aliphatic heterocycles. The summed E-state index contributed by atoms with van der Waals surface area (Å²) in [6, 6.07) is 4.66. The number of hydrogen-bond donors (Lipinski definition) is 1. The quantitative estimate of drug-likeness (QED) is 0.815. The maximum absolute atomic E-state index is 13.0. The summed E-state index contributed by atoms with van der Waals surface area (Å²) in [6.07, 6.45) is 2.63. The predicted octanol–water partition coefficient (Wildman–Crippen LogP) is 3.27. The highest BCUT2D eigenvalue weighted by molar-refractivity contribution is 7.22. The Morgan fingerprint density at radius 3 is 3.17 bits per heavy atom. The van der Waals surface area contributed by atoms with Gasteiger partial charge < -0.3 is 10.1 Å². The van der Waals surface area contributed by atoms with Crippen LogP contribution in [0.15, 0.2) is 18.2 Å². The molecule has 1 fully saturated rings.